The van der Waals surface area contributed by atoms with Crippen molar-refractivity contribution in [3.05, 3.63) is 36.2 Å². The van der Waals surface area contributed by atoms with Crippen LogP contribution in [0.3, 0.4) is 0 Å². The Bertz CT molecular complexity index is 487. The van der Waals surface area contributed by atoms with Crippen LogP contribution in [-0.4, -0.2) is 20.9 Å². The van der Waals surface area contributed by atoms with Crippen LogP contribution < -0.4 is 11.5 Å². The number of hydrogen-bond acceptors (Lipinski definition) is 4. The van der Waals surface area contributed by atoms with Gasteiger partial charge in [0.1, 0.15) is 0 Å². The van der Waals surface area contributed by atoms with Crippen LogP contribution in [0.15, 0.2) is 30.5 Å². The molecule has 0 fully saturated rings. The van der Waals surface area contributed by atoms with Gasteiger partial charge in [-0.25, -0.2) is 4.68 Å². The molecule has 6 heteroatoms. The number of primary amides is 1. The maximum atomic E-state index is 10.8. The van der Waals surface area contributed by atoms with Gasteiger partial charge in [-0.3, -0.25) is 4.79 Å². The van der Waals surface area contributed by atoms with Gasteiger partial charge >= 0.3 is 0 Å². The molecule has 0 aliphatic carbocycles. The Morgan fingerprint density at radius 3 is 2.47 bits per heavy atom. The molecule has 0 saturated carbocycles. The van der Waals surface area contributed by atoms with E-state index >= 15 is 0 Å². The number of carbonyl (C=O) groups is 1. The van der Waals surface area contributed by atoms with Gasteiger partial charge < -0.3 is 11.5 Å². The fourth-order valence-electron chi connectivity index (χ4n) is 1.13. The van der Waals surface area contributed by atoms with Crippen LogP contribution in [0.5, 0.6) is 0 Å². The minimum absolute atomic E-state index is 0.131. The number of carbonyl (C=O) groups excluding carboxylic acids is 1. The predicted octanol–water partition coefficient (Wildman–Crippen LogP) is -0.0516. The SMILES string of the molecule is NC(=O)c1cn(-c2ccc(N)cc2)nn1. The lowest BCUT2D eigenvalue weighted by molar-refractivity contribution is 0.0995. The largest absolute Gasteiger partial charge is 0.399 e. The Morgan fingerprint density at radius 1 is 1.27 bits per heavy atom. The fourth-order valence-corrected chi connectivity index (χ4v) is 1.13. The van der Waals surface area contributed by atoms with E-state index < -0.39 is 5.91 Å². The second-order valence-corrected chi connectivity index (χ2v) is 3.00. The maximum absolute atomic E-state index is 10.8. The average molecular weight is 203 g/mol. The van der Waals surface area contributed by atoms with Crippen molar-refractivity contribution in [2.45, 2.75) is 0 Å². The molecular weight excluding hydrogens is 194 g/mol. The molecule has 0 radical (unpaired) electrons. The zero-order valence-electron chi connectivity index (χ0n) is 7.79. The monoisotopic (exact) mass is 203 g/mol. The molecule has 4 N–H and O–H groups in total. The molecule has 0 spiro atoms. The lowest BCUT2D eigenvalue weighted by Gasteiger charge is -1.99. The van der Waals surface area contributed by atoms with Gasteiger partial charge in [0.05, 0.1) is 11.9 Å². The molecule has 1 aromatic heterocycles. The summed E-state index contributed by atoms with van der Waals surface area (Å²) in [7, 11) is 0. The minimum Gasteiger partial charge on any atom is -0.399 e. The third-order valence-corrected chi connectivity index (χ3v) is 1.90. The summed E-state index contributed by atoms with van der Waals surface area (Å²) >= 11 is 0. The van der Waals surface area contributed by atoms with E-state index in [9.17, 15) is 4.79 Å². The zero-order valence-corrected chi connectivity index (χ0v) is 7.79. The van der Waals surface area contributed by atoms with Gasteiger partial charge in [0.15, 0.2) is 5.69 Å². The molecule has 1 heterocycles. The normalized spacial score (nSPS) is 10.1. The van der Waals surface area contributed by atoms with E-state index in [1.807, 2.05) is 0 Å². The van der Waals surface area contributed by atoms with Crippen LogP contribution in [0.1, 0.15) is 10.5 Å². The maximum Gasteiger partial charge on any atom is 0.270 e. The summed E-state index contributed by atoms with van der Waals surface area (Å²) in [4.78, 5) is 10.8. The van der Waals surface area contributed by atoms with Crippen molar-refractivity contribution in [1.29, 1.82) is 0 Å². The predicted molar refractivity (Wildman–Crippen MR) is 54.3 cm³/mol. The van der Waals surface area contributed by atoms with Crippen molar-refractivity contribution >= 4 is 11.6 Å². The van der Waals surface area contributed by atoms with Crippen LogP contribution in [0, 0.1) is 0 Å². The molecule has 0 atom stereocenters. The van der Waals surface area contributed by atoms with E-state index in [-0.39, 0.29) is 5.69 Å². The van der Waals surface area contributed by atoms with Crippen LogP contribution in [0.2, 0.25) is 0 Å². The Balaban J connectivity index is 2.37. The van der Waals surface area contributed by atoms with Gasteiger partial charge in [-0.15, -0.1) is 5.10 Å². The molecule has 0 bridgehead atoms. The van der Waals surface area contributed by atoms with E-state index in [0.29, 0.717) is 5.69 Å². The van der Waals surface area contributed by atoms with E-state index in [1.165, 1.54) is 10.9 Å². The van der Waals surface area contributed by atoms with Crippen LogP contribution in [-0.2, 0) is 0 Å². The van der Waals surface area contributed by atoms with Crippen LogP contribution >= 0.6 is 0 Å². The summed E-state index contributed by atoms with van der Waals surface area (Å²) in [5.41, 5.74) is 12.2. The highest BCUT2D eigenvalue weighted by Crippen LogP contribution is 2.09. The molecule has 0 aliphatic heterocycles. The van der Waals surface area contributed by atoms with E-state index in [1.54, 1.807) is 24.3 Å². The third kappa shape index (κ3) is 1.78. The summed E-state index contributed by atoms with van der Waals surface area (Å²) in [6, 6.07) is 7.02. The molecular formula is C9H9N5O. The quantitative estimate of drug-likeness (QED) is 0.668. The first-order valence-electron chi connectivity index (χ1n) is 4.25. The number of amides is 1. The smallest absolute Gasteiger partial charge is 0.270 e. The van der Waals surface area contributed by atoms with Gasteiger partial charge in [-0.1, -0.05) is 5.21 Å². The number of benzene rings is 1. The number of nitrogens with zero attached hydrogens (tertiary/aromatic N) is 3. The van der Waals surface area contributed by atoms with Crippen molar-refractivity contribution in [3.63, 3.8) is 0 Å². The molecule has 2 rings (SSSR count). The molecule has 0 unspecified atom stereocenters. The van der Waals surface area contributed by atoms with E-state index in [0.717, 1.165) is 5.69 Å². The summed E-state index contributed by atoms with van der Waals surface area (Å²) in [6.45, 7) is 0. The molecule has 1 amide bonds. The highest BCUT2D eigenvalue weighted by atomic mass is 16.1. The molecule has 0 aliphatic rings. The minimum atomic E-state index is -0.600. The van der Waals surface area contributed by atoms with Crippen LogP contribution in [0.25, 0.3) is 5.69 Å². The molecule has 2 aromatic rings. The van der Waals surface area contributed by atoms with Crippen molar-refractivity contribution in [3.8, 4) is 5.69 Å². The Morgan fingerprint density at radius 2 is 1.93 bits per heavy atom. The number of anilines is 1. The first-order chi connectivity index (χ1) is 7.16. The molecule has 6 nitrogen and oxygen atoms in total. The molecule has 0 saturated heterocycles. The lowest BCUT2D eigenvalue weighted by Crippen LogP contribution is -2.11. The van der Waals surface area contributed by atoms with Crippen molar-refractivity contribution in [2.75, 3.05) is 5.73 Å². The first kappa shape index (κ1) is 9.20. The second-order valence-electron chi connectivity index (χ2n) is 3.00. The van der Waals surface area contributed by atoms with Gasteiger partial charge in [-0.2, -0.15) is 0 Å². The van der Waals surface area contributed by atoms with Crippen molar-refractivity contribution in [2.24, 2.45) is 5.73 Å². The van der Waals surface area contributed by atoms with Crippen LogP contribution in [0.4, 0.5) is 5.69 Å². The average Bonchev–Trinajstić information content (AvgIpc) is 2.68. The van der Waals surface area contributed by atoms with Gasteiger partial charge in [0.25, 0.3) is 5.91 Å². The third-order valence-electron chi connectivity index (χ3n) is 1.90. The number of rotatable bonds is 2. The lowest BCUT2D eigenvalue weighted by atomic mass is 10.3. The van der Waals surface area contributed by atoms with E-state index in [2.05, 4.69) is 10.3 Å². The van der Waals surface area contributed by atoms with Gasteiger partial charge in [0, 0.05) is 5.69 Å². The molecule has 15 heavy (non-hydrogen) atoms. The summed E-state index contributed by atoms with van der Waals surface area (Å²) in [5, 5.41) is 7.38. The molecule has 1 aromatic carbocycles. The molecule has 76 valence electrons. The van der Waals surface area contributed by atoms with Crippen molar-refractivity contribution in [1.82, 2.24) is 15.0 Å². The highest BCUT2D eigenvalue weighted by molar-refractivity contribution is 5.90. The van der Waals surface area contributed by atoms with E-state index in [4.69, 9.17) is 11.5 Å². The Hall–Kier alpha value is -2.37. The second kappa shape index (κ2) is 3.41. The standard InChI is InChI=1S/C9H9N5O/c10-6-1-3-7(4-2-6)14-5-8(9(11)15)12-13-14/h1-5H,10H2,(H2,11,15). The summed E-state index contributed by atoms with van der Waals surface area (Å²) in [6.07, 6.45) is 1.47. The highest BCUT2D eigenvalue weighted by Gasteiger charge is 2.06. The number of aromatic nitrogens is 3. The topological polar surface area (TPSA) is 99.8 Å². The first-order valence-corrected chi connectivity index (χ1v) is 4.25. The van der Waals surface area contributed by atoms with Gasteiger partial charge in [-0.05, 0) is 24.3 Å². The van der Waals surface area contributed by atoms with Crippen molar-refractivity contribution < 1.29 is 4.79 Å². The summed E-state index contributed by atoms with van der Waals surface area (Å²) in [5.74, 6) is -0.600. The number of hydrogen-bond donors (Lipinski definition) is 2. The number of nitrogen functional groups attached to an aromatic ring is 1. The summed E-state index contributed by atoms with van der Waals surface area (Å²) < 4.78 is 1.46. The zero-order chi connectivity index (χ0) is 10.8. The van der Waals surface area contributed by atoms with Gasteiger partial charge in [0.2, 0.25) is 0 Å². The number of nitrogens with two attached hydrogens (primary N) is 2. The Labute approximate surface area is 85.5 Å². The Kier molecular flexibility index (Phi) is 2.09. The fraction of sp³-hybridized carbons (Fsp3) is 0.